The number of carbonyl (C=O) groups is 2. The summed E-state index contributed by atoms with van der Waals surface area (Å²) in [6, 6.07) is 7.60. The molecule has 0 aliphatic rings. The average molecular weight is 375 g/mol. The van der Waals surface area contributed by atoms with Crippen LogP contribution in [0.3, 0.4) is 0 Å². The molecule has 1 atom stereocenters. The number of methoxy groups -OCH3 is 1. The highest BCUT2D eigenvalue weighted by atomic mass is 16.5. The van der Waals surface area contributed by atoms with Crippen LogP contribution < -0.4 is 0 Å². The van der Waals surface area contributed by atoms with Gasteiger partial charge in [-0.05, 0) is 36.5 Å². The minimum absolute atomic E-state index is 0.260. The third kappa shape index (κ3) is 9.74. The molecular weight excluding hydrogens is 336 g/mol. The van der Waals surface area contributed by atoms with Crippen LogP contribution in [-0.4, -0.2) is 18.9 Å². The Labute approximate surface area is 165 Å². The summed E-state index contributed by atoms with van der Waals surface area (Å²) in [5.41, 5.74) is 1.72. The maximum absolute atomic E-state index is 12.5. The molecule has 1 rings (SSSR count). The van der Waals surface area contributed by atoms with Crippen molar-refractivity contribution < 1.29 is 14.3 Å². The minimum atomic E-state index is -0.316. The van der Waals surface area contributed by atoms with Crippen LogP contribution in [0.4, 0.5) is 0 Å². The van der Waals surface area contributed by atoms with Gasteiger partial charge in [0, 0.05) is 12.8 Å². The van der Waals surface area contributed by atoms with Crippen molar-refractivity contribution in [3.05, 3.63) is 35.4 Å². The minimum Gasteiger partial charge on any atom is -0.465 e. The Morgan fingerprint density at radius 2 is 1.44 bits per heavy atom. The van der Waals surface area contributed by atoms with Gasteiger partial charge in [-0.3, -0.25) is 4.79 Å². The summed E-state index contributed by atoms with van der Waals surface area (Å²) in [4.78, 5) is 24.1. The van der Waals surface area contributed by atoms with Crippen molar-refractivity contribution >= 4 is 11.8 Å². The van der Waals surface area contributed by atoms with E-state index in [9.17, 15) is 9.59 Å². The molecule has 0 spiro atoms. The molecule has 1 unspecified atom stereocenters. The number of hydrogen-bond donors (Lipinski definition) is 0. The summed E-state index contributed by atoms with van der Waals surface area (Å²) in [5, 5.41) is 0. The summed E-state index contributed by atoms with van der Waals surface area (Å²) >= 11 is 0. The van der Waals surface area contributed by atoms with Crippen molar-refractivity contribution in [3.8, 4) is 0 Å². The van der Waals surface area contributed by atoms with E-state index in [4.69, 9.17) is 4.74 Å². The summed E-state index contributed by atoms with van der Waals surface area (Å²) < 4.78 is 4.77. The summed E-state index contributed by atoms with van der Waals surface area (Å²) in [5.74, 6) is 0.322. The third-order valence-corrected chi connectivity index (χ3v) is 5.24. The number of carbonyl (C=O) groups excluding carboxylic acids is 2. The molecule has 0 heterocycles. The second kappa shape index (κ2) is 14.4. The maximum atomic E-state index is 12.5. The number of ketones is 1. The van der Waals surface area contributed by atoms with E-state index in [0.29, 0.717) is 24.2 Å². The van der Waals surface area contributed by atoms with E-state index >= 15 is 0 Å². The van der Waals surface area contributed by atoms with Crippen LogP contribution >= 0.6 is 0 Å². The largest absolute Gasteiger partial charge is 0.465 e. The van der Waals surface area contributed by atoms with Crippen LogP contribution in [0.5, 0.6) is 0 Å². The molecule has 27 heavy (non-hydrogen) atoms. The van der Waals surface area contributed by atoms with E-state index in [1.165, 1.54) is 52.1 Å². The first-order valence-corrected chi connectivity index (χ1v) is 10.8. The summed E-state index contributed by atoms with van der Waals surface area (Å²) in [7, 11) is 1.39. The van der Waals surface area contributed by atoms with Crippen LogP contribution in [0.15, 0.2) is 24.3 Å². The van der Waals surface area contributed by atoms with Crippen LogP contribution in [0, 0.1) is 0 Å². The fourth-order valence-electron chi connectivity index (χ4n) is 3.52. The molecule has 0 radical (unpaired) electrons. The second-order valence-electron chi connectivity index (χ2n) is 7.57. The Kier molecular flexibility index (Phi) is 12.5. The Bertz CT molecular complexity index is 533. The molecule has 0 aliphatic heterocycles. The average Bonchev–Trinajstić information content (AvgIpc) is 2.69. The van der Waals surface area contributed by atoms with Gasteiger partial charge in [0.2, 0.25) is 0 Å². The standard InChI is InChI=1S/C24H38O3/c1-4-6-8-9-10-12-14-23(25)19-22(13-11-7-5-2)20-15-17-21(18-16-20)24(26)27-3/h15-18,22H,4-14,19H2,1-3H3. The molecule has 3 heteroatoms. The molecule has 0 bridgehead atoms. The van der Waals surface area contributed by atoms with Gasteiger partial charge in [-0.25, -0.2) is 4.79 Å². The normalized spacial score (nSPS) is 12.0. The van der Waals surface area contributed by atoms with Gasteiger partial charge >= 0.3 is 5.97 Å². The van der Waals surface area contributed by atoms with E-state index < -0.39 is 0 Å². The smallest absolute Gasteiger partial charge is 0.337 e. The zero-order chi connectivity index (χ0) is 19.9. The quantitative estimate of drug-likeness (QED) is 0.249. The lowest BCUT2D eigenvalue weighted by Crippen LogP contribution is -2.08. The fourth-order valence-corrected chi connectivity index (χ4v) is 3.52. The van der Waals surface area contributed by atoms with Crippen molar-refractivity contribution in [3.63, 3.8) is 0 Å². The van der Waals surface area contributed by atoms with E-state index in [-0.39, 0.29) is 11.9 Å². The van der Waals surface area contributed by atoms with Crippen molar-refractivity contribution in [2.24, 2.45) is 0 Å². The summed E-state index contributed by atoms with van der Waals surface area (Å²) in [6.45, 7) is 4.42. The molecule has 152 valence electrons. The van der Waals surface area contributed by atoms with E-state index in [1.807, 2.05) is 24.3 Å². The predicted molar refractivity (Wildman–Crippen MR) is 112 cm³/mol. The highest BCUT2D eigenvalue weighted by Gasteiger charge is 2.16. The fraction of sp³-hybridized carbons (Fsp3) is 0.667. The molecule has 0 aromatic heterocycles. The molecule has 1 aromatic carbocycles. The number of esters is 1. The first kappa shape index (κ1) is 23.4. The van der Waals surface area contributed by atoms with Crippen molar-refractivity contribution in [1.82, 2.24) is 0 Å². The van der Waals surface area contributed by atoms with Gasteiger partial charge in [-0.2, -0.15) is 0 Å². The topological polar surface area (TPSA) is 43.4 Å². The lowest BCUT2D eigenvalue weighted by molar-refractivity contribution is -0.119. The lowest BCUT2D eigenvalue weighted by atomic mass is 9.87. The highest BCUT2D eigenvalue weighted by Crippen LogP contribution is 2.28. The number of unbranched alkanes of at least 4 members (excludes halogenated alkanes) is 7. The van der Waals surface area contributed by atoms with Crippen molar-refractivity contribution in [1.29, 1.82) is 0 Å². The van der Waals surface area contributed by atoms with Crippen molar-refractivity contribution in [2.75, 3.05) is 7.11 Å². The first-order chi connectivity index (χ1) is 13.1. The molecule has 0 amide bonds. The molecule has 0 saturated carbocycles. The lowest BCUT2D eigenvalue weighted by Gasteiger charge is -2.17. The maximum Gasteiger partial charge on any atom is 0.337 e. The monoisotopic (exact) mass is 374 g/mol. The number of benzene rings is 1. The van der Waals surface area contributed by atoms with Gasteiger partial charge in [-0.15, -0.1) is 0 Å². The SMILES string of the molecule is CCCCCCCCC(=O)CC(CCCCC)c1ccc(C(=O)OC)cc1. The van der Waals surface area contributed by atoms with Crippen LogP contribution in [0.25, 0.3) is 0 Å². The van der Waals surface area contributed by atoms with Gasteiger partial charge < -0.3 is 4.74 Å². The van der Waals surface area contributed by atoms with Crippen LogP contribution in [0.2, 0.25) is 0 Å². The van der Waals surface area contributed by atoms with Gasteiger partial charge in [0.25, 0.3) is 0 Å². The first-order valence-electron chi connectivity index (χ1n) is 10.8. The van der Waals surface area contributed by atoms with Crippen LogP contribution in [0.1, 0.15) is 113 Å². The summed E-state index contributed by atoms with van der Waals surface area (Å²) in [6.07, 6.45) is 13.2. The molecular formula is C24H38O3. The third-order valence-electron chi connectivity index (χ3n) is 5.24. The number of hydrogen-bond acceptors (Lipinski definition) is 3. The Morgan fingerprint density at radius 3 is 2.07 bits per heavy atom. The molecule has 0 N–H and O–H groups in total. The highest BCUT2D eigenvalue weighted by molar-refractivity contribution is 5.89. The number of Topliss-reactive ketones (excluding diaryl/α,β-unsaturated/α-hetero) is 1. The Balaban J connectivity index is 2.57. The molecule has 3 nitrogen and oxygen atoms in total. The Morgan fingerprint density at radius 1 is 0.852 bits per heavy atom. The molecule has 0 saturated heterocycles. The molecule has 1 aromatic rings. The number of rotatable bonds is 15. The van der Waals surface area contributed by atoms with Gasteiger partial charge in [0.1, 0.15) is 5.78 Å². The van der Waals surface area contributed by atoms with Gasteiger partial charge in [-0.1, -0.05) is 77.3 Å². The van der Waals surface area contributed by atoms with Crippen molar-refractivity contribution in [2.45, 2.75) is 96.8 Å². The Hall–Kier alpha value is -1.64. The van der Waals surface area contributed by atoms with Gasteiger partial charge in [0.15, 0.2) is 0 Å². The number of ether oxygens (including phenoxy) is 1. The second-order valence-corrected chi connectivity index (χ2v) is 7.57. The molecule has 0 fully saturated rings. The molecule has 0 aliphatic carbocycles. The van der Waals surface area contributed by atoms with E-state index in [2.05, 4.69) is 13.8 Å². The van der Waals surface area contributed by atoms with E-state index in [1.54, 1.807) is 0 Å². The van der Waals surface area contributed by atoms with Gasteiger partial charge in [0.05, 0.1) is 12.7 Å². The zero-order valence-electron chi connectivity index (χ0n) is 17.6. The predicted octanol–water partition coefficient (Wildman–Crippen LogP) is 6.85. The van der Waals surface area contributed by atoms with E-state index in [0.717, 1.165) is 24.8 Å². The van der Waals surface area contributed by atoms with Crippen LogP contribution in [-0.2, 0) is 9.53 Å². The zero-order valence-corrected chi connectivity index (χ0v) is 17.6.